The van der Waals surface area contributed by atoms with Gasteiger partial charge in [0.15, 0.2) is 18.0 Å². The van der Waals surface area contributed by atoms with Crippen molar-refractivity contribution in [1.82, 2.24) is 4.31 Å². The molecule has 0 aromatic heterocycles. The van der Waals surface area contributed by atoms with Crippen LogP contribution in [0.15, 0.2) is 41.3 Å². The Kier molecular flexibility index (Phi) is 6.59. The lowest BCUT2D eigenvalue weighted by molar-refractivity contribution is -0.895. The number of rotatable bonds is 5. The standard InChI is InChI=1S/C20H21Cl2N3O5S/c21-14-1-3-16(22)19(11-14)31(27,28)25-7-5-24(6-8-25)13-20(26)23-15-2-4-17-18(12-15)30-10-9-29-17/h1-4,11-12H,5-10,13H2,(H,23,26)/p+1. The van der Waals surface area contributed by atoms with E-state index in [1.165, 1.54) is 16.4 Å². The molecule has 0 bridgehead atoms. The topological polar surface area (TPSA) is 89.4 Å². The molecule has 1 fully saturated rings. The lowest BCUT2D eigenvalue weighted by Gasteiger charge is -2.31. The fraction of sp³-hybridized carbons (Fsp3) is 0.350. The first kappa shape index (κ1) is 22.2. The predicted octanol–water partition coefficient (Wildman–Crippen LogP) is 1.29. The number of hydrogen-bond donors (Lipinski definition) is 2. The van der Waals surface area contributed by atoms with Crippen LogP contribution in [0.5, 0.6) is 11.5 Å². The minimum Gasteiger partial charge on any atom is -0.486 e. The van der Waals surface area contributed by atoms with Gasteiger partial charge in [0.05, 0.1) is 31.2 Å². The summed E-state index contributed by atoms with van der Waals surface area (Å²) in [6.45, 7) is 2.81. The molecule has 2 N–H and O–H groups in total. The molecular formula is C20H22Cl2N3O5S+. The fourth-order valence-corrected chi connectivity index (χ4v) is 5.77. The lowest BCUT2D eigenvalue weighted by atomic mass is 10.2. The summed E-state index contributed by atoms with van der Waals surface area (Å²) in [7, 11) is -3.75. The van der Waals surface area contributed by atoms with E-state index in [2.05, 4.69) is 5.32 Å². The molecule has 0 unspecified atom stereocenters. The SMILES string of the molecule is O=C(C[NH+]1CCN(S(=O)(=O)c2cc(Cl)ccc2Cl)CC1)Nc1ccc2c(c1)OCCO2. The van der Waals surface area contributed by atoms with Crippen LogP contribution in [0.4, 0.5) is 5.69 Å². The van der Waals surface area contributed by atoms with Crippen LogP contribution in [-0.2, 0) is 14.8 Å². The second kappa shape index (κ2) is 9.22. The number of carbonyl (C=O) groups excluding carboxylic acids is 1. The Bertz CT molecular complexity index is 1090. The minimum absolute atomic E-state index is 0.00136. The smallest absolute Gasteiger partial charge is 0.279 e. The highest BCUT2D eigenvalue weighted by molar-refractivity contribution is 7.89. The normalized spacial score (nSPS) is 17.4. The second-order valence-corrected chi connectivity index (χ2v) is 10.1. The molecule has 0 radical (unpaired) electrons. The molecule has 8 nitrogen and oxygen atoms in total. The van der Waals surface area contributed by atoms with Gasteiger partial charge in [0, 0.05) is 16.8 Å². The Morgan fingerprint density at radius 2 is 1.74 bits per heavy atom. The number of fused-ring (bicyclic) bond motifs is 1. The van der Waals surface area contributed by atoms with Gasteiger partial charge < -0.3 is 19.7 Å². The van der Waals surface area contributed by atoms with Crippen LogP contribution < -0.4 is 19.7 Å². The third-order valence-electron chi connectivity index (χ3n) is 5.18. The van der Waals surface area contributed by atoms with Gasteiger partial charge in [0.1, 0.15) is 18.1 Å². The molecule has 0 aliphatic carbocycles. The minimum atomic E-state index is -3.75. The third-order valence-corrected chi connectivity index (χ3v) is 7.79. The highest BCUT2D eigenvalue weighted by atomic mass is 35.5. The van der Waals surface area contributed by atoms with Crippen LogP contribution in [0.2, 0.25) is 10.0 Å². The first-order valence-electron chi connectivity index (χ1n) is 9.81. The van der Waals surface area contributed by atoms with Crippen molar-refractivity contribution in [2.24, 2.45) is 0 Å². The largest absolute Gasteiger partial charge is 0.486 e. The summed E-state index contributed by atoms with van der Waals surface area (Å²) in [6.07, 6.45) is 0. The Balaban J connectivity index is 1.33. The highest BCUT2D eigenvalue weighted by Crippen LogP contribution is 2.32. The number of ether oxygens (including phenoxy) is 2. The van der Waals surface area contributed by atoms with Gasteiger partial charge in [0.25, 0.3) is 5.91 Å². The van der Waals surface area contributed by atoms with Gasteiger partial charge in [-0.05, 0) is 30.3 Å². The van der Waals surface area contributed by atoms with Gasteiger partial charge >= 0.3 is 0 Å². The molecule has 31 heavy (non-hydrogen) atoms. The summed E-state index contributed by atoms with van der Waals surface area (Å²) in [5, 5.41) is 3.31. The van der Waals surface area contributed by atoms with E-state index in [0.717, 1.165) is 4.90 Å². The van der Waals surface area contributed by atoms with E-state index in [4.69, 9.17) is 32.7 Å². The van der Waals surface area contributed by atoms with E-state index < -0.39 is 10.0 Å². The number of amides is 1. The maximum absolute atomic E-state index is 12.9. The Morgan fingerprint density at radius 1 is 1.03 bits per heavy atom. The Labute approximate surface area is 190 Å². The van der Waals surface area contributed by atoms with Gasteiger partial charge in [-0.2, -0.15) is 4.31 Å². The monoisotopic (exact) mass is 486 g/mol. The molecule has 1 amide bonds. The van der Waals surface area contributed by atoms with Gasteiger partial charge in [-0.15, -0.1) is 0 Å². The average Bonchev–Trinajstić information content (AvgIpc) is 2.75. The second-order valence-electron chi connectivity index (χ2n) is 7.31. The molecule has 2 aromatic rings. The molecule has 166 valence electrons. The number of quaternary nitrogens is 1. The van der Waals surface area contributed by atoms with Crippen LogP contribution in [0.1, 0.15) is 0 Å². The molecule has 1 saturated heterocycles. The van der Waals surface area contributed by atoms with E-state index in [1.807, 2.05) is 0 Å². The molecule has 2 aromatic carbocycles. The summed E-state index contributed by atoms with van der Waals surface area (Å²) < 4.78 is 38.2. The van der Waals surface area contributed by atoms with E-state index in [1.54, 1.807) is 24.3 Å². The number of carbonyl (C=O) groups is 1. The van der Waals surface area contributed by atoms with Gasteiger partial charge in [0.2, 0.25) is 10.0 Å². The predicted molar refractivity (Wildman–Crippen MR) is 117 cm³/mol. The molecular weight excluding hydrogens is 465 g/mol. The van der Waals surface area contributed by atoms with E-state index in [-0.39, 0.29) is 35.5 Å². The average molecular weight is 487 g/mol. The summed E-state index contributed by atoms with van der Waals surface area (Å²) in [5.41, 5.74) is 0.630. The van der Waals surface area contributed by atoms with Crippen molar-refractivity contribution in [3.8, 4) is 11.5 Å². The molecule has 0 saturated carbocycles. The van der Waals surface area contributed by atoms with Crippen molar-refractivity contribution in [1.29, 1.82) is 0 Å². The summed E-state index contributed by atoms with van der Waals surface area (Å²) >= 11 is 12.0. The van der Waals surface area contributed by atoms with Crippen molar-refractivity contribution < 1.29 is 27.6 Å². The van der Waals surface area contributed by atoms with E-state index in [0.29, 0.717) is 48.5 Å². The first-order valence-corrected chi connectivity index (χ1v) is 12.0. The highest BCUT2D eigenvalue weighted by Gasteiger charge is 2.32. The summed E-state index contributed by atoms with van der Waals surface area (Å²) in [4.78, 5) is 13.5. The van der Waals surface area contributed by atoms with Gasteiger partial charge in [-0.25, -0.2) is 8.42 Å². The third kappa shape index (κ3) is 5.07. The van der Waals surface area contributed by atoms with Crippen molar-refractivity contribution in [2.45, 2.75) is 4.90 Å². The maximum atomic E-state index is 12.9. The number of benzene rings is 2. The Hall–Kier alpha value is -2.04. The molecule has 0 atom stereocenters. The van der Waals surface area contributed by atoms with Crippen molar-refractivity contribution in [3.05, 3.63) is 46.4 Å². The number of sulfonamides is 1. The van der Waals surface area contributed by atoms with Crippen LogP contribution in [0, 0.1) is 0 Å². The first-order chi connectivity index (χ1) is 14.8. The fourth-order valence-electron chi connectivity index (χ4n) is 3.59. The molecule has 2 heterocycles. The number of halogens is 2. The van der Waals surface area contributed by atoms with Crippen molar-refractivity contribution in [3.63, 3.8) is 0 Å². The molecule has 2 aliphatic heterocycles. The summed E-state index contributed by atoms with van der Waals surface area (Å²) in [5.74, 6) is 1.11. The van der Waals surface area contributed by atoms with Crippen LogP contribution in [0.25, 0.3) is 0 Å². The summed E-state index contributed by atoms with van der Waals surface area (Å²) in [6, 6.07) is 9.65. The molecule has 2 aliphatic rings. The van der Waals surface area contributed by atoms with Crippen LogP contribution in [0.3, 0.4) is 0 Å². The van der Waals surface area contributed by atoms with Crippen LogP contribution >= 0.6 is 23.2 Å². The van der Waals surface area contributed by atoms with Crippen molar-refractivity contribution in [2.75, 3.05) is 51.3 Å². The zero-order valence-electron chi connectivity index (χ0n) is 16.6. The Morgan fingerprint density at radius 3 is 2.48 bits per heavy atom. The number of nitrogens with one attached hydrogen (secondary N) is 2. The van der Waals surface area contributed by atoms with Crippen molar-refractivity contribution >= 4 is 44.8 Å². The van der Waals surface area contributed by atoms with Crippen LogP contribution in [-0.4, -0.2) is 64.6 Å². The lowest BCUT2D eigenvalue weighted by Crippen LogP contribution is -3.15. The maximum Gasteiger partial charge on any atom is 0.279 e. The zero-order chi connectivity index (χ0) is 22.0. The molecule has 4 rings (SSSR count). The number of hydrogen-bond acceptors (Lipinski definition) is 5. The quantitative estimate of drug-likeness (QED) is 0.664. The van der Waals surface area contributed by atoms with Gasteiger partial charge in [-0.3, -0.25) is 4.79 Å². The molecule has 11 heteroatoms. The van der Waals surface area contributed by atoms with Gasteiger partial charge in [-0.1, -0.05) is 23.2 Å². The van der Waals surface area contributed by atoms with E-state index in [9.17, 15) is 13.2 Å². The number of nitrogens with zero attached hydrogens (tertiary/aromatic N) is 1. The zero-order valence-corrected chi connectivity index (χ0v) is 18.9. The number of piperazine rings is 1. The van der Waals surface area contributed by atoms with E-state index >= 15 is 0 Å². The number of anilines is 1. The molecule has 0 spiro atoms.